The van der Waals surface area contributed by atoms with Crippen molar-refractivity contribution in [2.24, 2.45) is 0 Å². The van der Waals surface area contributed by atoms with Crippen LogP contribution < -0.4 is 10.6 Å². The Labute approximate surface area is 185 Å². The molecule has 2 amide bonds. The fourth-order valence-electron chi connectivity index (χ4n) is 4.46. The molecule has 1 saturated carbocycles. The Balaban J connectivity index is 1.35. The van der Waals surface area contributed by atoms with Crippen LogP contribution in [0.15, 0.2) is 42.6 Å². The predicted octanol–water partition coefficient (Wildman–Crippen LogP) is 3.22. The van der Waals surface area contributed by atoms with E-state index in [1.165, 1.54) is 10.7 Å². The van der Waals surface area contributed by atoms with Crippen molar-refractivity contribution in [1.82, 2.24) is 15.1 Å². The summed E-state index contributed by atoms with van der Waals surface area (Å²) >= 11 is 0. The molecule has 2 N–H and O–H groups in total. The lowest BCUT2D eigenvalue weighted by atomic mass is 9.66. The molecule has 2 bridgehead atoms. The Morgan fingerprint density at radius 1 is 1.24 bits per heavy atom. The molecule has 33 heavy (non-hydrogen) atoms. The van der Waals surface area contributed by atoms with Gasteiger partial charge in [-0.2, -0.15) is 10.4 Å². The lowest BCUT2D eigenvalue weighted by Crippen LogP contribution is -2.62. The molecule has 6 rings (SSSR count). The normalized spacial score (nSPS) is 20.7. The van der Waals surface area contributed by atoms with Gasteiger partial charge in [0.2, 0.25) is 5.91 Å². The third-order valence-electron chi connectivity index (χ3n) is 6.07. The van der Waals surface area contributed by atoms with Gasteiger partial charge in [0.15, 0.2) is 11.5 Å². The molecule has 0 radical (unpaired) electrons. The van der Waals surface area contributed by atoms with Gasteiger partial charge in [0.1, 0.15) is 17.2 Å². The van der Waals surface area contributed by atoms with Crippen LogP contribution in [0.4, 0.5) is 18.9 Å². The third kappa shape index (κ3) is 3.51. The number of halogens is 3. The number of rotatable bonds is 4. The third-order valence-corrected chi connectivity index (χ3v) is 6.07. The van der Waals surface area contributed by atoms with Crippen molar-refractivity contribution >= 4 is 17.5 Å². The van der Waals surface area contributed by atoms with E-state index in [0.717, 1.165) is 6.20 Å². The number of aromatic nitrogens is 2. The molecular formula is C23H16F3N5O2. The number of hydrogen-bond donors (Lipinski definition) is 2. The van der Waals surface area contributed by atoms with E-state index in [-0.39, 0.29) is 31.0 Å². The zero-order valence-electron chi connectivity index (χ0n) is 17.0. The van der Waals surface area contributed by atoms with Gasteiger partial charge < -0.3 is 10.6 Å². The molecule has 0 spiro atoms. The van der Waals surface area contributed by atoms with E-state index in [1.54, 1.807) is 24.3 Å². The standard InChI is InChI=1S/C23H16F3N5O2/c24-15-5-16-14-7-23(8-14,22(33)28-19(16)17(25)6-15)29-21(32)20-18(26)11-31(30-20)10-13-3-1-2-12(4-13)9-27/h1-6,11,14H,7-8,10H2,(H,28,33)(H,29,32)/t14-,23-. The molecule has 3 aliphatic rings. The largest absolute Gasteiger partial charge is 0.336 e. The van der Waals surface area contributed by atoms with Gasteiger partial charge in [0, 0.05) is 6.07 Å². The Morgan fingerprint density at radius 3 is 2.79 bits per heavy atom. The van der Waals surface area contributed by atoms with Crippen LogP contribution >= 0.6 is 0 Å². The molecule has 7 nitrogen and oxygen atoms in total. The van der Waals surface area contributed by atoms with Gasteiger partial charge in [-0.3, -0.25) is 14.3 Å². The predicted molar refractivity (Wildman–Crippen MR) is 110 cm³/mol. The number of nitrogens with one attached hydrogen (secondary N) is 2. The van der Waals surface area contributed by atoms with Gasteiger partial charge in [0.05, 0.1) is 30.1 Å². The van der Waals surface area contributed by atoms with Crippen LogP contribution in [-0.4, -0.2) is 27.1 Å². The van der Waals surface area contributed by atoms with Gasteiger partial charge in [-0.25, -0.2) is 13.2 Å². The molecule has 0 saturated heterocycles. The average Bonchev–Trinajstić information content (AvgIpc) is 3.01. The molecule has 1 aliphatic carbocycles. The van der Waals surface area contributed by atoms with E-state index < -0.39 is 40.5 Å². The molecule has 2 aromatic carbocycles. The lowest BCUT2D eigenvalue weighted by Gasteiger charge is -2.44. The highest BCUT2D eigenvalue weighted by molar-refractivity contribution is 6.05. The number of hydrogen-bond acceptors (Lipinski definition) is 4. The number of nitriles is 1. The number of carbonyl (C=O) groups is 2. The van der Waals surface area contributed by atoms with Crippen molar-refractivity contribution in [2.75, 3.05) is 5.32 Å². The van der Waals surface area contributed by atoms with Crippen molar-refractivity contribution in [2.45, 2.75) is 30.8 Å². The van der Waals surface area contributed by atoms with Gasteiger partial charge >= 0.3 is 0 Å². The molecule has 10 heteroatoms. The zero-order valence-corrected chi connectivity index (χ0v) is 17.0. The van der Waals surface area contributed by atoms with E-state index in [1.807, 2.05) is 6.07 Å². The van der Waals surface area contributed by atoms with Gasteiger partial charge in [-0.1, -0.05) is 12.1 Å². The van der Waals surface area contributed by atoms with E-state index in [9.17, 15) is 22.8 Å². The van der Waals surface area contributed by atoms with Gasteiger partial charge in [-0.05, 0) is 48.1 Å². The fourth-order valence-corrected chi connectivity index (χ4v) is 4.46. The first-order chi connectivity index (χ1) is 15.8. The molecule has 0 unspecified atom stereocenters. The van der Waals surface area contributed by atoms with Crippen LogP contribution in [0.1, 0.15) is 45.9 Å². The number of benzene rings is 2. The van der Waals surface area contributed by atoms with Crippen LogP contribution in [0.3, 0.4) is 0 Å². The number of carbonyl (C=O) groups excluding carboxylic acids is 2. The topological polar surface area (TPSA) is 99.8 Å². The van der Waals surface area contributed by atoms with Gasteiger partial charge in [-0.15, -0.1) is 0 Å². The van der Waals surface area contributed by atoms with E-state index in [2.05, 4.69) is 15.7 Å². The quantitative estimate of drug-likeness (QED) is 0.636. The van der Waals surface area contributed by atoms with Crippen LogP contribution in [0, 0.1) is 28.8 Å². The van der Waals surface area contributed by atoms with Gasteiger partial charge in [0.25, 0.3) is 5.91 Å². The number of anilines is 1. The second-order valence-electron chi connectivity index (χ2n) is 8.28. The molecule has 3 aromatic rings. The van der Waals surface area contributed by atoms with Crippen molar-refractivity contribution in [3.05, 3.63) is 82.4 Å². The van der Waals surface area contributed by atoms with Crippen molar-refractivity contribution < 1.29 is 22.8 Å². The van der Waals surface area contributed by atoms with Crippen LogP contribution in [0.5, 0.6) is 0 Å². The minimum atomic E-state index is -1.37. The average molecular weight is 451 g/mol. The summed E-state index contributed by atoms with van der Waals surface area (Å²) in [7, 11) is 0. The summed E-state index contributed by atoms with van der Waals surface area (Å²) in [4.78, 5) is 25.6. The monoisotopic (exact) mass is 451 g/mol. The maximum Gasteiger partial charge on any atom is 0.275 e. The Bertz CT molecular complexity index is 1350. The molecule has 2 aliphatic heterocycles. The van der Waals surface area contributed by atoms with E-state index >= 15 is 0 Å². The van der Waals surface area contributed by atoms with Crippen LogP contribution in [0.2, 0.25) is 0 Å². The highest BCUT2D eigenvalue weighted by atomic mass is 19.1. The second-order valence-corrected chi connectivity index (χ2v) is 8.28. The summed E-state index contributed by atoms with van der Waals surface area (Å²) < 4.78 is 43.6. The molecular weight excluding hydrogens is 435 g/mol. The first kappa shape index (κ1) is 20.8. The Morgan fingerprint density at radius 2 is 2.03 bits per heavy atom. The summed E-state index contributed by atoms with van der Waals surface area (Å²) in [6.45, 7) is 0.133. The van der Waals surface area contributed by atoms with Crippen molar-refractivity contribution in [3.8, 4) is 6.07 Å². The zero-order chi connectivity index (χ0) is 23.3. The minimum absolute atomic E-state index is 0.102. The number of amides is 2. The smallest absolute Gasteiger partial charge is 0.275 e. The maximum absolute atomic E-state index is 14.5. The Kier molecular flexibility index (Phi) is 4.70. The summed E-state index contributed by atoms with van der Waals surface area (Å²) in [6.07, 6.45) is 1.31. The molecule has 1 fully saturated rings. The highest BCUT2D eigenvalue weighted by Crippen LogP contribution is 2.51. The van der Waals surface area contributed by atoms with Crippen LogP contribution in [0.25, 0.3) is 0 Å². The highest BCUT2D eigenvalue weighted by Gasteiger charge is 2.55. The van der Waals surface area contributed by atoms with Crippen molar-refractivity contribution in [1.29, 1.82) is 5.26 Å². The number of nitrogens with zero attached hydrogens (tertiary/aromatic N) is 3. The van der Waals surface area contributed by atoms with Crippen LogP contribution in [-0.2, 0) is 11.3 Å². The first-order valence-corrected chi connectivity index (χ1v) is 10.1. The maximum atomic E-state index is 14.5. The van der Waals surface area contributed by atoms with Crippen molar-refractivity contribution in [3.63, 3.8) is 0 Å². The first-order valence-electron chi connectivity index (χ1n) is 10.1. The molecule has 0 atom stereocenters. The second kappa shape index (κ2) is 7.48. The molecule has 3 heterocycles. The summed E-state index contributed by atoms with van der Waals surface area (Å²) in [5.41, 5.74) is -0.502. The van der Waals surface area contributed by atoms with E-state index in [4.69, 9.17) is 5.26 Å². The minimum Gasteiger partial charge on any atom is -0.336 e. The molecule has 1 aromatic heterocycles. The molecule has 166 valence electrons. The SMILES string of the molecule is N#Cc1cccc(Cn2cc(F)c(C(=O)N[C@]34C[C@H](C3)c3cc(F)cc(F)c3NC4=O)n2)c1. The number of fused-ring (bicyclic) bond motifs is 1. The summed E-state index contributed by atoms with van der Waals surface area (Å²) in [5.74, 6) is -4.39. The Hall–Kier alpha value is -4.13. The summed E-state index contributed by atoms with van der Waals surface area (Å²) in [5, 5.41) is 18.0. The summed E-state index contributed by atoms with van der Waals surface area (Å²) in [6, 6.07) is 10.6. The van der Waals surface area contributed by atoms with E-state index in [0.29, 0.717) is 22.8 Å². The lowest BCUT2D eigenvalue weighted by molar-refractivity contribution is -0.125. The fraction of sp³-hybridized carbons (Fsp3) is 0.217.